The molecule has 0 fully saturated rings. The zero-order chi connectivity index (χ0) is 23.0. The van der Waals surface area contributed by atoms with Crippen molar-refractivity contribution in [1.29, 1.82) is 0 Å². The first-order valence-electron chi connectivity index (χ1n) is 7.57. The minimum absolute atomic E-state index is 0.102. The molecule has 0 saturated heterocycles. The van der Waals surface area contributed by atoms with Gasteiger partial charge in [0.05, 0.1) is 5.56 Å². The van der Waals surface area contributed by atoms with Crippen LogP contribution in [0.1, 0.15) is 37.6 Å². The Hall–Kier alpha value is -2.60. The highest BCUT2D eigenvalue weighted by Crippen LogP contribution is 2.49. The van der Waals surface area contributed by atoms with Crippen molar-refractivity contribution in [3.63, 3.8) is 0 Å². The second-order valence-electron chi connectivity index (χ2n) is 6.77. The fraction of sp³-hybridized carbons (Fsp3) is 0.500. The first-order valence-corrected chi connectivity index (χ1v) is 7.57. The number of carboxylic acids is 1. The van der Waals surface area contributed by atoms with E-state index in [2.05, 4.69) is 4.74 Å². The lowest BCUT2D eigenvalue weighted by Crippen LogP contribution is -2.62. The monoisotopic (exact) mass is 438 g/mol. The highest BCUT2D eigenvalue weighted by atomic mass is 19.4. The van der Waals surface area contributed by atoms with E-state index in [0.717, 1.165) is 0 Å². The van der Waals surface area contributed by atoms with Crippen molar-refractivity contribution in [1.82, 2.24) is 0 Å². The van der Waals surface area contributed by atoms with Crippen LogP contribution in [-0.2, 0) is 9.53 Å². The molecule has 0 amide bonds. The summed E-state index contributed by atoms with van der Waals surface area (Å²) in [6.07, 6.45) is -15.5. The van der Waals surface area contributed by atoms with Crippen molar-refractivity contribution in [3.05, 3.63) is 29.3 Å². The molecule has 0 saturated carbocycles. The average molecular weight is 438 g/mol. The topological polar surface area (TPSA) is 72.8 Å². The lowest BCUT2D eigenvalue weighted by atomic mass is 9.97. The Bertz CT molecular complexity index is 755. The van der Waals surface area contributed by atoms with Crippen molar-refractivity contribution in [3.8, 4) is 5.75 Å². The van der Waals surface area contributed by atoms with Gasteiger partial charge in [-0.15, -0.1) is 0 Å². The Labute approximate surface area is 158 Å². The summed E-state index contributed by atoms with van der Waals surface area (Å²) in [6, 6.07) is 0.204. The van der Waals surface area contributed by atoms with Crippen LogP contribution in [0.25, 0.3) is 0 Å². The summed E-state index contributed by atoms with van der Waals surface area (Å²) >= 11 is 0. The van der Waals surface area contributed by atoms with Crippen LogP contribution in [0.5, 0.6) is 5.75 Å². The van der Waals surface area contributed by atoms with Gasteiger partial charge in [-0.1, -0.05) is 0 Å². The van der Waals surface area contributed by atoms with Crippen LogP contribution >= 0.6 is 0 Å². The molecular weight excluding hydrogens is 424 g/mol. The van der Waals surface area contributed by atoms with E-state index in [9.17, 15) is 44.7 Å². The molecule has 0 aliphatic heterocycles. The van der Waals surface area contributed by atoms with E-state index in [1.54, 1.807) is 0 Å². The summed E-state index contributed by atoms with van der Waals surface area (Å²) in [5.74, 6) is -10.3. The molecule has 0 aliphatic carbocycles. The number of benzene rings is 1. The van der Waals surface area contributed by atoms with Gasteiger partial charge >= 0.3 is 29.9 Å². The van der Waals surface area contributed by atoms with Gasteiger partial charge in [-0.3, -0.25) is 4.79 Å². The standard InChI is InChI=1S/C16H14F8O5/c1-13(2,3)29-12(27)7-4-8(17)11(9(18)5-7)28-14(6-10(25)26,15(19,20)21)16(22,23)24/h4-5H,6H2,1-3H3,(H,25,26). The molecule has 1 N–H and O–H groups in total. The number of halogens is 8. The number of alkyl halides is 6. The molecule has 1 rings (SSSR count). The third kappa shape index (κ3) is 5.48. The maximum Gasteiger partial charge on any atom is 0.438 e. The van der Waals surface area contributed by atoms with Crippen LogP contribution in [0.2, 0.25) is 0 Å². The van der Waals surface area contributed by atoms with Gasteiger partial charge in [0.2, 0.25) is 0 Å². The number of esters is 1. The first kappa shape index (κ1) is 24.4. The van der Waals surface area contributed by atoms with E-state index < -0.39 is 64.9 Å². The van der Waals surface area contributed by atoms with Crippen LogP contribution in [0.4, 0.5) is 35.1 Å². The average Bonchev–Trinajstić information content (AvgIpc) is 2.44. The van der Waals surface area contributed by atoms with Gasteiger partial charge in [0.1, 0.15) is 12.0 Å². The molecule has 0 bridgehead atoms. The molecule has 1 aromatic carbocycles. The number of hydrogen-bond donors (Lipinski definition) is 1. The SMILES string of the molecule is CC(C)(C)OC(=O)c1cc(F)c(OC(CC(=O)O)(C(F)(F)F)C(F)(F)F)c(F)c1. The maximum atomic E-state index is 14.1. The lowest BCUT2D eigenvalue weighted by molar-refractivity contribution is -0.358. The van der Waals surface area contributed by atoms with E-state index in [0.29, 0.717) is 0 Å². The van der Waals surface area contributed by atoms with Gasteiger partial charge in [-0.25, -0.2) is 13.6 Å². The van der Waals surface area contributed by atoms with Crippen LogP contribution in [0.3, 0.4) is 0 Å². The van der Waals surface area contributed by atoms with E-state index in [1.807, 2.05) is 0 Å². The zero-order valence-electron chi connectivity index (χ0n) is 15.0. The van der Waals surface area contributed by atoms with Crippen LogP contribution in [0.15, 0.2) is 12.1 Å². The van der Waals surface area contributed by atoms with E-state index >= 15 is 0 Å². The molecule has 29 heavy (non-hydrogen) atoms. The molecule has 5 nitrogen and oxygen atoms in total. The molecule has 0 heterocycles. The molecule has 1 aromatic rings. The van der Waals surface area contributed by atoms with Crippen LogP contribution in [-0.4, -0.2) is 40.6 Å². The van der Waals surface area contributed by atoms with Gasteiger partial charge < -0.3 is 14.6 Å². The van der Waals surface area contributed by atoms with Gasteiger partial charge in [0.25, 0.3) is 0 Å². The second kappa shape index (κ2) is 7.67. The normalized spacial score (nSPS) is 13.2. The second-order valence-corrected chi connectivity index (χ2v) is 6.77. The van der Waals surface area contributed by atoms with E-state index in [4.69, 9.17) is 9.84 Å². The Morgan fingerprint density at radius 1 is 0.931 bits per heavy atom. The number of carbonyl (C=O) groups excluding carboxylic acids is 1. The van der Waals surface area contributed by atoms with Crippen molar-refractivity contribution >= 4 is 11.9 Å². The van der Waals surface area contributed by atoms with Crippen molar-refractivity contribution in [2.75, 3.05) is 0 Å². The fourth-order valence-electron chi connectivity index (χ4n) is 2.01. The summed E-state index contributed by atoms with van der Waals surface area (Å²) < 4.78 is 115. The van der Waals surface area contributed by atoms with Gasteiger partial charge in [-0.2, -0.15) is 26.3 Å². The van der Waals surface area contributed by atoms with E-state index in [-0.39, 0.29) is 12.1 Å². The van der Waals surface area contributed by atoms with Crippen LogP contribution in [0, 0.1) is 11.6 Å². The quantitative estimate of drug-likeness (QED) is 0.536. The number of ether oxygens (including phenoxy) is 2. The Kier molecular flexibility index (Phi) is 6.46. The first-order chi connectivity index (χ1) is 12.8. The molecule has 164 valence electrons. The Balaban J connectivity index is 3.52. The third-order valence-corrected chi connectivity index (χ3v) is 3.23. The van der Waals surface area contributed by atoms with Gasteiger partial charge in [-0.05, 0) is 32.9 Å². The Morgan fingerprint density at radius 2 is 1.34 bits per heavy atom. The Morgan fingerprint density at radius 3 is 1.66 bits per heavy atom. The summed E-state index contributed by atoms with van der Waals surface area (Å²) in [6.45, 7) is 4.17. The molecule has 0 radical (unpaired) electrons. The molecule has 0 unspecified atom stereocenters. The largest absolute Gasteiger partial charge is 0.481 e. The third-order valence-electron chi connectivity index (χ3n) is 3.23. The van der Waals surface area contributed by atoms with Crippen molar-refractivity contribution in [2.24, 2.45) is 0 Å². The number of carboxylic acid groups (broad SMARTS) is 1. The van der Waals surface area contributed by atoms with Crippen LogP contribution < -0.4 is 4.74 Å². The molecule has 0 atom stereocenters. The van der Waals surface area contributed by atoms with Gasteiger partial charge in [0.15, 0.2) is 17.4 Å². The lowest BCUT2D eigenvalue weighted by Gasteiger charge is -2.36. The number of carbonyl (C=O) groups is 2. The molecule has 0 aliphatic rings. The molecule has 0 spiro atoms. The fourth-order valence-corrected chi connectivity index (χ4v) is 2.01. The van der Waals surface area contributed by atoms with E-state index in [1.165, 1.54) is 20.8 Å². The minimum atomic E-state index is -6.41. The molecule has 13 heteroatoms. The van der Waals surface area contributed by atoms with Crippen molar-refractivity contribution in [2.45, 2.75) is 50.7 Å². The molecular formula is C16H14F8O5. The summed E-state index contributed by atoms with van der Waals surface area (Å²) in [4.78, 5) is 22.4. The number of hydrogen-bond acceptors (Lipinski definition) is 4. The highest BCUT2D eigenvalue weighted by Gasteiger charge is 2.74. The van der Waals surface area contributed by atoms with Gasteiger partial charge in [0, 0.05) is 0 Å². The predicted octanol–water partition coefficient (Wildman–Crippen LogP) is 4.64. The number of rotatable bonds is 5. The summed E-state index contributed by atoms with van der Waals surface area (Å²) in [7, 11) is 0. The van der Waals surface area contributed by atoms with Crippen molar-refractivity contribution < 1.29 is 59.3 Å². The predicted molar refractivity (Wildman–Crippen MR) is 79.2 cm³/mol. The molecule has 0 aromatic heterocycles. The minimum Gasteiger partial charge on any atom is -0.481 e. The highest BCUT2D eigenvalue weighted by molar-refractivity contribution is 5.90. The number of aliphatic carboxylic acids is 1. The zero-order valence-corrected chi connectivity index (χ0v) is 15.0. The maximum absolute atomic E-state index is 14.1. The summed E-state index contributed by atoms with van der Waals surface area (Å²) in [5.41, 5.74) is -7.42. The summed E-state index contributed by atoms with van der Waals surface area (Å²) in [5, 5.41) is 8.49. The smallest absolute Gasteiger partial charge is 0.438 e.